The lowest BCUT2D eigenvalue weighted by Gasteiger charge is -2.21. The van der Waals surface area contributed by atoms with Crippen LogP contribution in [0.25, 0.3) is 0 Å². The SMILES string of the molecule is CCCC(=O)N(C=O)OC(=O)C(CCCCNC(=O)OC(C)(C)C)NC(=O)CCCCC(=O)NC(CCCCNC(=O)OC(C)(C)C)C(=O)ON(C=O)C(=O)CC. The van der Waals surface area contributed by atoms with Crippen LogP contribution in [0.1, 0.15) is 139 Å². The van der Waals surface area contributed by atoms with E-state index in [0.717, 1.165) is 0 Å². The number of nitrogens with one attached hydrogen (secondary N) is 4. The fraction of sp³-hybridized carbons (Fsp3) is 0.730. The highest BCUT2D eigenvalue weighted by atomic mass is 16.7. The molecule has 0 aromatic rings. The van der Waals surface area contributed by atoms with Gasteiger partial charge in [-0.25, -0.2) is 19.2 Å². The van der Waals surface area contributed by atoms with Gasteiger partial charge in [0, 0.05) is 38.8 Å². The Morgan fingerprint density at radius 1 is 0.561 bits per heavy atom. The van der Waals surface area contributed by atoms with Crippen molar-refractivity contribution in [2.45, 2.75) is 162 Å². The quantitative estimate of drug-likeness (QED) is 0.0621. The minimum atomic E-state index is -1.25. The third-order valence-corrected chi connectivity index (χ3v) is 7.30. The number of nitrogens with zero attached hydrogens (tertiary/aromatic N) is 2. The molecule has 0 rings (SSSR count). The highest BCUT2D eigenvalue weighted by Crippen LogP contribution is 2.11. The first-order chi connectivity index (χ1) is 26.7. The van der Waals surface area contributed by atoms with E-state index < -0.39 is 71.0 Å². The van der Waals surface area contributed by atoms with E-state index in [2.05, 4.69) is 21.3 Å². The van der Waals surface area contributed by atoms with E-state index in [1.165, 1.54) is 6.92 Å². The van der Waals surface area contributed by atoms with Gasteiger partial charge < -0.3 is 40.4 Å². The monoisotopic (exact) mass is 814 g/mol. The standard InChI is InChI=1S/C37H62N6O14/c1-9-17-31(49)43(25-45)57-33(51)27(19-14-16-23-39-35(53)55-37(6,7)8)41-29(47)21-12-11-20-28(46)40-26(32(50)56-42(24-44)30(48)10-2)18-13-15-22-38-34(52)54-36(3,4)5/h24-27H,9-23H2,1-8H3,(H,38,52)(H,39,53)(H,40,46)(H,41,47). The Morgan fingerprint density at radius 3 is 1.28 bits per heavy atom. The third kappa shape index (κ3) is 25.5. The number of unbranched alkanes of at least 4 members (excludes halogenated alkanes) is 3. The summed E-state index contributed by atoms with van der Waals surface area (Å²) in [4.78, 5) is 132. The van der Waals surface area contributed by atoms with Crippen LogP contribution in [0.4, 0.5) is 9.59 Å². The number of hydroxylamine groups is 4. The normalized spacial score (nSPS) is 12.1. The summed E-state index contributed by atoms with van der Waals surface area (Å²) in [5.41, 5.74) is -1.38. The van der Waals surface area contributed by atoms with Crippen LogP contribution in [0.3, 0.4) is 0 Å². The Hall–Kier alpha value is -5.30. The Morgan fingerprint density at radius 2 is 0.947 bits per heavy atom. The molecule has 0 aromatic heterocycles. The first-order valence-electron chi connectivity index (χ1n) is 19.2. The Labute approximate surface area is 334 Å². The van der Waals surface area contributed by atoms with Gasteiger partial charge in [0.25, 0.3) is 24.6 Å². The predicted octanol–water partition coefficient (Wildman–Crippen LogP) is 3.00. The molecule has 20 nitrogen and oxygen atoms in total. The van der Waals surface area contributed by atoms with E-state index in [4.69, 9.17) is 19.1 Å². The van der Waals surface area contributed by atoms with E-state index in [1.54, 1.807) is 48.5 Å². The van der Waals surface area contributed by atoms with Crippen LogP contribution in [0.15, 0.2) is 0 Å². The Bertz CT molecular complexity index is 1360. The Kier molecular flexibility index (Phi) is 24.8. The molecular formula is C37H62N6O14. The van der Waals surface area contributed by atoms with Crippen LogP contribution in [0.2, 0.25) is 0 Å². The lowest BCUT2D eigenvalue weighted by molar-refractivity contribution is -0.198. The molecule has 0 bridgehead atoms. The summed E-state index contributed by atoms with van der Waals surface area (Å²) < 4.78 is 10.4. The average Bonchev–Trinajstić information content (AvgIpc) is 3.11. The number of carbonyl (C=O) groups is 10. The predicted molar refractivity (Wildman–Crippen MR) is 202 cm³/mol. The number of amides is 8. The largest absolute Gasteiger partial charge is 0.444 e. The van der Waals surface area contributed by atoms with Crippen molar-refractivity contribution in [3.8, 4) is 0 Å². The van der Waals surface area contributed by atoms with Gasteiger partial charge in [-0.05, 0) is 99.3 Å². The van der Waals surface area contributed by atoms with Crippen LogP contribution in [-0.4, -0.2) is 107 Å². The molecule has 0 fully saturated rings. The van der Waals surface area contributed by atoms with Gasteiger partial charge in [-0.1, -0.05) is 13.8 Å². The van der Waals surface area contributed by atoms with Crippen LogP contribution < -0.4 is 21.3 Å². The maximum absolute atomic E-state index is 13.0. The van der Waals surface area contributed by atoms with Crippen molar-refractivity contribution < 1.29 is 67.1 Å². The van der Waals surface area contributed by atoms with E-state index in [1.807, 2.05) is 0 Å². The maximum atomic E-state index is 13.0. The molecule has 0 aliphatic rings. The van der Waals surface area contributed by atoms with Crippen molar-refractivity contribution in [3.63, 3.8) is 0 Å². The third-order valence-electron chi connectivity index (χ3n) is 7.30. The molecule has 324 valence electrons. The molecule has 0 aliphatic carbocycles. The molecule has 0 spiro atoms. The molecule has 2 atom stereocenters. The van der Waals surface area contributed by atoms with Gasteiger partial charge in [0.15, 0.2) is 0 Å². The number of imide groups is 2. The van der Waals surface area contributed by atoms with Gasteiger partial charge in [-0.2, -0.15) is 0 Å². The lowest BCUT2D eigenvalue weighted by atomic mass is 10.1. The molecule has 0 radical (unpaired) electrons. The van der Waals surface area contributed by atoms with Crippen molar-refractivity contribution in [3.05, 3.63) is 0 Å². The van der Waals surface area contributed by atoms with Gasteiger partial charge in [0.2, 0.25) is 11.8 Å². The Balaban J connectivity index is 5.32. The number of carbonyl (C=O) groups excluding carboxylic acids is 10. The minimum Gasteiger partial charge on any atom is -0.444 e. The number of hydrogen-bond donors (Lipinski definition) is 4. The molecule has 0 saturated heterocycles. The van der Waals surface area contributed by atoms with Gasteiger partial charge in [-0.3, -0.25) is 28.8 Å². The van der Waals surface area contributed by atoms with E-state index in [-0.39, 0.29) is 87.4 Å². The first-order valence-corrected chi connectivity index (χ1v) is 19.2. The smallest absolute Gasteiger partial charge is 0.407 e. The molecule has 2 unspecified atom stereocenters. The number of alkyl carbamates (subject to hydrolysis) is 2. The first kappa shape index (κ1) is 51.7. The lowest BCUT2D eigenvalue weighted by Crippen LogP contribution is -2.45. The van der Waals surface area contributed by atoms with E-state index >= 15 is 0 Å². The fourth-order valence-electron chi connectivity index (χ4n) is 4.62. The summed E-state index contributed by atoms with van der Waals surface area (Å²) in [6, 6.07) is -2.51. The highest BCUT2D eigenvalue weighted by molar-refractivity contribution is 5.90. The minimum absolute atomic E-state index is 0.0378. The second-order valence-corrected chi connectivity index (χ2v) is 14.9. The molecule has 0 saturated carbocycles. The van der Waals surface area contributed by atoms with Gasteiger partial charge >= 0.3 is 24.1 Å². The van der Waals surface area contributed by atoms with Crippen molar-refractivity contribution >= 4 is 60.6 Å². The fourth-order valence-corrected chi connectivity index (χ4v) is 4.62. The van der Waals surface area contributed by atoms with Crippen molar-refractivity contribution in [2.75, 3.05) is 13.1 Å². The maximum Gasteiger partial charge on any atom is 0.407 e. The second-order valence-electron chi connectivity index (χ2n) is 14.9. The number of rotatable bonds is 24. The number of hydrogen-bond acceptors (Lipinski definition) is 14. The molecule has 0 aliphatic heterocycles. The molecule has 0 heterocycles. The van der Waals surface area contributed by atoms with E-state index in [9.17, 15) is 47.9 Å². The van der Waals surface area contributed by atoms with Crippen LogP contribution in [-0.2, 0) is 57.5 Å². The van der Waals surface area contributed by atoms with Crippen molar-refractivity contribution in [1.82, 2.24) is 31.4 Å². The molecule has 8 amide bonds. The molecule has 57 heavy (non-hydrogen) atoms. The zero-order chi connectivity index (χ0) is 43.6. The van der Waals surface area contributed by atoms with Crippen LogP contribution in [0.5, 0.6) is 0 Å². The van der Waals surface area contributed by atoms with Crippen molar-refractivity contribution in [2.24, 2.45) is 0 Å². The van der Waals surface area contributed by atoms with Gasteiger partial charge in [0.05, 0.1) is 0 Å². The summed E-state index contributed by atoms with van der Waals surface area (Å²) in [5.74, 6) is -4.80. The average molecular weight is 815 g/mol. The molecular weight excluding hydrogens is 752 g/mol. The zero-order valence-corrected chi connectivity index (χ0v) is 34.5. The molecule has 4 N–H and O–H groups in total. The van der Waals surface area contributed by atoms with Gasteiger partial charge in [0.1, 0.15) is 23.3 Å². The van der Waals surface area contributed by atoms with Crippen molar-refractivity contribution in [1.29, 1.82) is 0 Å². The second kappa shape index (κ2) is 27.3. The molecule has 20 heteroatoms. The summed E-state index contributed by atoms with van der Waals surface area (Å²) in [6.45, 7) is 13.9. The zero-order valence-electron chi connectivity index (χ0n) is 34.5. The molecule has 0 aromatic carbocycles. The van der Waals surface area contributed by atoms with E-state index in [0.29, 0.717) is 32.1 Å². The van der Waals surface area contributed by atoms with Crippen LogP contribution in [0, 0.1) is 0 Å². The topological polar surface area (TPSA) is 262 Å². The summed E-state index contributed by atoms with van der Waals surface area (Å²) in [6.07, 6.45) is 0.634. The number of ether oxygens (including phenoxy) is 2. The van der Waals surface area contributed by atoms with Gasteiger partial charge in [-0.15, -0.1) is 10.1 Å². The highest BCUT2D eigenvalue weighted by Gasteiger charge is 2.28. The summed E-state index contributed by atoms with van der Waals surface area (Å²) >= 11 is 0. The van der Waals surface area contributed by atoms with Crippen LogP contribution >= 0.6 is 0 Å². The summed E-state index contributed by atoms with van der Waals surface area (Å²) in [5, 5.41) is 10.8. The summed E-state index contributed by atoms with van der Waals surface area (Å²) in [7, 11) is 0.